The molecule has 0 fully saturated rings. The summed E-state index contributed by atoms with van der Waals surface area (Å²) in [6.07, 6.45) is 1.95. The Hall–Kier alpha value is -4.67. The molecule has 0 bridgehead atoms. The predicted molar refractivity (Wildman–Crippen MR) is 159 cm³/mol. The van der Waals surface area contributed by atoms with Gasteiger partial charge in [-0.05, 0) is 47.2 Å². The van der Waals surface area contributed by atoms with E-state index in [1.165, 1.54) is 31.9 Å². The molecule has 38 heavy (non-hydrogen) atoms. The van der Waals surface area contributed by atoms with E-state index in [0.717, 1.165) is 38.8 Å². The SMILES string of the molecule is c1ccc2c(c1)Sc1ccccc1N2c1ccc(-c2ncc3ccc4ccccc4c3n2)c2ccccc12. The van der Waals surface area contributed by atoms with Gasteiger partial charge in [-0.2, -0.15) is 0 Å². The fraction of sp³-hybridized carbons (Fsp3) is 0. The van der Waals surface area contributed by atoms with Gasteiger partial charge in [-0.15, -0.1) is 0 Å². The van der Waals surface area contributed by atoms with Crippen LogP contribution in [0.2, 0.25) is 0 Å². The normalized spacial score (nSPS) is 12.6. The average molecular weight is 504 g/mol. The van der Waals surface area contributed by atoms with Crippen molar-refractivity contribution < 1.29 is 0 Å². The minimum absolute atomic E-state index is 0.742. The first-order valence-corrected chi connectivity index (χ1v) is 13.5. The highest BCUT2D eigenvalue weighted by Gasteiger charge is 2.26. The van der Waals surface area contributed by atoms with Gasteiger partial charge in [0.25, 0.3) is 0 Å². The second kappa shape index (κ2) is 8.44. The molecule has 0 spiro atoms. The molecule has 4 heteroatoms. The first kappa shape index (κ1) is 21.4. The van der Waals surface area contributed by atoms with Crippen molar-refractivity contribution in [1.82, 2.24) is 9.97 Å². The van der Waals surface area contributed by atoms with Gasteiger partial charge in [0.05, 0.1) is 22.6 Å². The smallest absolute Gasteiger partial charge is 0.160 e. The third-order valence-corrected chi connectivity index (χ3v) is 8.42. The highest BCUT2D eigenvalue weighted by molar-refractivity contribution is 7.99. The molecule has 0 radical (unpaired) electrons. The van der Waals surface area contributed by atoms with Gasteiger partial charge in [-0.1, -0.05) is 96.7 Å². The maximum absolute atomic E-state index is 5.11. The summed E-state index contributed by atoms with van der Waals surface area (Å²) in [6, 6.07) is 42.9. The highest BCUT2D eigenvalue weighted by Crippen LogP contribution is 2.52. The van der Waals surface area contributed by atoms with Gasteiger partial charge in [0.2, 0.25) is 0 Å². The zero-order valence-corrected chi connectivity index (χ0v) is 21.2. The Morgan fingerprint density at radius 2 is 1.13 bits per heavy atom. The summed E-state index contributed by atoms with van der Waals surface area (Å²) < 4.78 is 0. The number of hydrogen-bond acceptors (Lipinski definition) is 4. The largest absolute Gasteiger partial charge is 0.308 e. The lowest BCUT2D eigenvalue weighted by molar-refractivity contribution is 1.17. The van der Waals surface area contributed by atoms with Crippen LogP contribution in [0.1, 0.15) is 0 Å². The van der Waals surface area contributed by atoms with Crippen molar-refractivity contribution >= 4 is 61.3 Å². The van der Waals surface area contributed by atoms with Crippen molar-refractivity contribution in [2.24, 2.45) is 0 Å². The van der Waals surface area contributed by atoms with E-state index in [4.69, 9.17) is 9.97 Å². The summed E-state index contributed by atoms with van der Waals surface area (Å²) in [5.41, 5.74) is 5.56. The second-order valence-electron chi connectivity index (χ2n) is 9.47. The number of fused-ring (bicyclic) bond motifs is 6. The summed E-state index contributed by atoms with van der Waals surface area (Å²) in [5.74, 6) is 0.742. The molecule has 0 aliphatic carbocycles. The third kappa shape index (κ3) is 3.24. The van der Waals surface area contributed by atoms with Gasteiger partial charge in [-0.25, -0.2) is 9.97 Å². The van der Waals surface area contributed by atoms with Crippen LogP contribution in [0.25, 0.3) is 43.8 Å². The van der Waals surface area contributed by atoms with Crippen LogP contribution in [0, 0.1) is 0 Å². The number of rotatable bonds is 2. The van der Waals surface area contributed by atoms with Crippen LogP contribution in [0.5, 0.6) is 0 Å². The van der Waals surface area contributed by atoms with Gasteiger partial charge >= 0.3 is 0 Å². The summed E-state index contributed by atoms with van der Waals surface area (Å²) in [6.45, 7) is 0. The molecule has 6 aromatic carbocycles. The molecule has 8 rings (SSSR count). The molecule has 178 valence electrons. The van der Waals surface area contributed by atoms with Crippen LogP contribution < -0.4 is 4.90 Å². The fourth-order valence-electron chi connectivity index (χ4n) is 5.53. The van der Waals surface area contributed by atoms with E-state index in [-0.39, 0.29) is 0 Å². The molecule has 1 aliphatic heterocycles. The Balaban J connectivity index is 1.37. The molecule has 3 nitrogen and oxygen atoms in total. The van der Waals surface area contributed by atoms with Crippen molar-refractivity contribution in [2.75, 3.05) is 4.90 Å². The van der Waals surface area contributed by atoms with Crippen LogP contribution >= 0.6 is 11.8 Å². The Morgan fingerprint density at radius 3 is 1.92 bits per heavy atom. The van der Waals surface area contributed by atoms with Crippen LogP contribution in [0.4, 0.5) is 17.1 Å². The van der Waals surface area contributed by atoms with Gasteiger partial charge in [0.15, 0.2) is 5.82 Å². The molecular formula is C34H21N3S. The lowest BCUT2D eigenvalue weighted by Gasteiger charge is -2.33. The molecule has 0 amide bonds. The molecule has 0 saturated carbocycles. The molecule has 0 N–H and O–H groups in total. The number of aromatic nitrogens is 2. The minimum Gasteiger partial charge on any atom is -0.308 e. The highest BCUT2D eigenvalue weighted by atomic mass is 32.2. The van der Waals surface area contributed by atoms with Gasteiger partial charge in [-0.3, -0.25) is 0 Å². The van der Waals surface area contributed by atoms with E-state index in [2.05, 4.69) is 126 Å². The maximum atomic E-state index is 5.11. The summed E-state index contributed by atoms with van der Waals surface area (Å²) >= 11 is 1.83. The molecule has 1 aliphatic rings. The average Bonchev–Trinajstić information content (AvgIpc) is 2.99. The van der Waals surface area contributed by atoms with Crippen molar-refractivity contribution in [1.29, 1.82) is 0 Å². The number of nitrogens with zero attached hydrogens (tertiary/aromatic N) is 3. The standard InChI is InChI=1S/C34H21N3S/c1-2-10-24-22(9-1)17-18-23-21-35-34(36-33(23)24)27-19-20-28(26-12-4-3-11-25(26)27)37-29-13-5-7-15-31(29)38-32-16-8-6-14-30(32)37/h1-21H. The van der Waals surface area contributed by atoms with Crippen molar-refractivity contribution in [3.05, 3.63) is 128 Å². The molecule has 0 unspecified atom stereocenters. The fourth-order valence-corrected chi connectivity index (χ4v) is 6.59. The van der Waals surface area contributed by atoms with Gasteiger partial charge in [0.1, 0.15) is 0 Å². The van der Waals surface area contributed by atoms with Crippen molar-refractivity contribution in [3.8, 4) is 11.4 Å². The molecule has 0 atom stereocenters. The van der Waals surface area contributed by atoms with E-state index in [0.29, 0.717) is 0 Å². The zero-order valence-electron chi connectivity index (χ0n) is 20.4. The van der Waals surface area contributed by atoms with E-state index >= 15 is 0 Å². The third-order valence-electron chi connectivity index (χ3n) is 7.29. The monoisotopic (exact) mass is 503 g/mol. The number of hydrogen-bond donors (Lipinski definition) is 0. The van der Waals surface area contributed by atoms with E-state index in [9.17, 15) is 0 Å². The zero-order chi connectivity index (χ0) is 25.1. The summed E-state index contributed by atoms with van der Waals surface area (Å²) in [5, 5.41) is 5.69. The Bertz CT molecular complexity index is 1990. The maximum Gasteiger partial charge on any atom is 0.160 e. The Morgan fingerprint density at radius 1 is 0.500 bits per heavy atom. The molecule has 7 aromatic rings. The van der Waals surface area contributed by atoms with E-state index < -0.39 is 0 Å². The first-order chi connectivity index (χ1) is 18.8. The second-order valence-corrected chi connectivity index (χ2v) is 10.6. The first-order valence-electron chi connectivity index (χ1n) is 12.7. The lowest BCUT2D eigenvalue weighted by atomic mass is 10.00. The van der Waals surface area contributed by atoms with Crippen LogP contribution in [0.15, 0.2) is 137 Å². The lowest BCUT2D eigenvalue weighted by Crippen LogP contribution is -2.15. The van der Waals surface area contributed by atoms with Gasteiger partial charge in [0, 0.05) is 37.7 Å². The molecule has 1 aromatic heterocycles. The van der Waals surface area contributed by atoms with Crippen LogP contribution in [-0.4, -0.2) is 9.97 Å². The van der Waals surface area contributed by atoms with Gasteiger partial charge < -0.3 is 4.90 Å². The predicted octanol–water partition coefficient (Wildman–Crippen LogP) is 9.54. The molecular weight excluding hydrogens is 482 g/mol. The Labute approximate surface area is 224 Å². The minimum atomic E-state index is 0.742. The Kier molecular flexibility index (Phi) is 4.76. The summed E-state index contributed by atoms with van der Waals surface area (Å²) in [4.78, 5) is 14.8. The number of anilines is 3. The molecule has 2 heterocycles. The van der Waals surface area contributed by atoms with Crippen molar-refractivity contribution in [2.45, 2.75) is 9.79 Å². The molecule has 0 saturated heterocycles. The van der Waals surface area contributed by atoms with Crippen molar-refractivity contribution in [3.63, 3.8) is 0 Å². The van der Waals surface area contributed by atoms with E-state index in [1.807, 2.05) is 18.0 Å². The number of benzene rings is 6. The topological polar surface area (TPSA) is 29.0 Å². The number of para-hydroxylation sites is 2. The summed E-state index contributed by atoms with van der Waals surface area (Å²) in [7, 11) is 0. The van der Waals surface area contributed by atoms with Crippen LogP contribution in [-0.2, 0) is 0 Å². The van der Waals surface area contributed by atoms with Crippen LogP contribution in [0.3, 0.4) is 0 Å². The quantitative estimate of drug-likeness (QED) is 0.220. The van der Waals surface area contributed by atoms with E-state index in [1.54, 1.807) is 0 Å².